The number of thioether (sulfide) groups is 1. The number of methoxy groups -OCH3 is 5. The van der Waals surface area contributed by atoms with Crippen molar-refractivity contribution in [3.8, 4) is 0 Å². The fourth-order valence-electron chi connectivity index (χ4n) is 1.22. The molecule has 0 rings (SSSR count). The molecule has 0 aliphatic heterocycles. The zero-order valence-corrected chi connectivity index (χ0v) is 59.7. The summed E-state index contributed by atoms with van der Waals surface area (Å²) >= 11 is 9.61. The average molecular weight is 1180 g/mol. The van der Waals surface area contributed by atoms with Gasteiger partial charge >= 0.3 is 29.8 Å². The Morgan fingerprint density at radius 3 is 0.676 bits per heavy atom. The second-order valence-electron chi connectivity index (χ2n) is 6.21. The van der Waals surface area contributed by atoms with E-state index in [0.717, 1.165) is 17.8 Å². The van der Waals surface area contributed by atoms with E-state index in [1.165, 1.54) is 49.4 Å². The van der Waals surface area contributed by atoms with Crippen LogP contribution in [0.2, 0.25) is 0 Å². The van der Waals surface area contributed by atoms with E-state index in [4.69, 9.17) is 9.93 Å². The van der Waals surface area contributed by atoms with Crippen LogP contribution in [0.5, 0.6) is 0 Å². The first-order valence-corrected chi connectivity index (χ1v) is 31.0. The maximum Gasteiger partial charge on any atom is 0.329 e. The van der Waals surface area contributed by atoms with E-state index in [9.17, 15) is 33.6 Å². The molecular formula is C54H131O15S5-3. The van der Waals surface area contributed by atoms with Crippen molar-refractivity contribution in [2.75, 3.05) is 58.6 Å². The van der Waals surface area contributed by atoms with Gasteiger partial charge in [0.2, 0.25) is 0 Å². The smallest absolute Gasteiger partial charge is 0.329 e. The molecule has 0 aromatic rings. The number of carbonyl (C=O) groups is 7. The van der Waals surface area contributed by atoms with Gasteiger partial charge in [-0.2, -0.15) is 5.75 Å². The maximum atomic E-state index is 10.7. The Bertz CT molecular complexity index is 763. The van der Waals surface area contributed by atoms with E-state index in [-0.39, 0.29) is 39.6 Å². The molecule has 0 aliphatic carbocycles. The number of hydrogen-bond acceptors (Lipinski definition) is 20. The molecular weight excluding hydrogens is 1050 g/mol. The zero-order valence-electron chi connectivity index (χ0n) is 55.6. The molecule has 20 heteroatoms. The summed E-state index contributed by atoms with van der Waals surface area (Å²) in [5.74, 6) is 1.09. The van der Waals surface area contributed by atoms with Gasteiger partial charge < -0.3 is 59.2 Å². The molecule has 0 aromatic carbocycles. The van der Waals surface area contributed by atoms with Crippen molar-refractivity contribution in [3.05, 3.63) is 22.6 Å². The molecule has 15 nitrogen and oxygen atoms in total. The van der Waals surface area contributed by atoms with Crippen molar-refractivity contribution in [1.82, 2.24) is 0 Å². The quantitative estimate of drug-likeness (QED) is 0.0417. The Morgan fingerprint density at radius 2 is 0.568 bits per heavy atom. The van der Waals surface area contributed by atoms with E-state index in [2.05, 4.69) is 55.5 Å². The lowest BCUT2D eigenvalue weighted by Gasteiger charge is -2.00. The molecule has 0 aliphatic rings. The summed E-state index contributed by atoms with van der Waals surface area (Å²) in [4.78, 5) is 85.4. The largest absolute Gasteiger partial charge is 0.870 e. The first kappa shape index (κ1) is 145. The lowest BCUT2D eigenvalue weighted by Crippen LogP contribution is -2.01. The summed E-state index contributed by atoms with van der Waals surface area (Å²) < 4.78 is 21.7. The van der Waals surface area contributed by atoms with Crippen LogP contribution in [0, 0.1) is 9.93 Å². The molecule has 0 bridgehead atoms. The molecule has 0 amide bonds. The van der Waals surface area contributed by atoms with Gasteiger partial charge in [-0.3, -0.25) is 24.0 Å². The van der Waals surface area contributed by atoms with Gasteiger partial charge in [0, 0.05) is 51.7 Å². The van der Waals surface area contributed by atoms with E-state index >= 15 is 0 Å². The lowest BCUT2D eigenvalue weighted by atomic mass is 10.5. The molecule has 0 spiro atoms. The average Bonchev–Trinajstić information content (AvgIpc) is 3.50. The summed E-state index contributed by atoms with van der Waals surface area (Å²) in [5, 5.41) is -0.219. The minimum Gasteiger partial charge on any atom is -0.870 e. The summed E-state index contributed by atoms with van der Waals surface area (Å²) in [6.45, 7) is 66.0. The van der Waals surface area contributed by atoms with Crippen LogP contribution in [0.3, 0.4) is 0 Å². The van der Waals surface area contributed by atoms with Gasteiger partial charge in [-0.1, -0.05) is 248 Å². The predicted molar refractivity (Wildman–Crippen MR) is 346 cm³/mol. The Balaban J connectivity index is -0.0000000204. The van der Waals surface area contributed by atoms with Gasteiger partial charge in [-0.05, 0) is 6.92 Å². The molecule has 0 aromatic heterocycles. The second kappa shape index (κ2) is 270. The summed E-state index contributed by atoms with van der Waals surface area (Å²) in [5.41, 5.74) is 0. The van der Waals surface area contributed by atoms with Crippen molar-refractivity contribution >= 4 is 98.7 Å². The van der Waals surface area contributed by atoms with Crippen molar-refractivity contribution in [2.45, 2.75) is 247 Å². The molecule has 0 fully saturated rings. The van der Waals surface area contributed by atoms with Gasteiger partial charge in [0.15, 0.2) is 5.12 Å². The van der Waals surface area contributed by atoms with E-state index in [1.54, 1.807) is 21.6 Å². The van der Waals surface area contributed by atoms with Crippen LogP contribution in [0.4, 0.5) is 0 Å². The van der Waals surface area contributed by atoms with Crippen LogP contribution in [0.15, 0.2) is 12.7 Å². The SMILES string of the molecule is C=CC(=O)OC.CC.CC.CC.CC.CC.CC.CC.CC.CC.CC.CC.CC.CC.CC.CC.CC(=O)[S-].COC(=O)CCSC(C)=O.COC(=O)CCSSCCC(=O)OC.COC(=O)CC[S-].O=O.[OH-]. The first-order valence-electron chi connectivity index (χ1n) is 26.5. The maximum absolute atomic E-state index is 10.7. The van der Waals surface area contributed by atoms with Gasteiger partial charge in [0.05, 0.1) is 54.8 Å². The predicted octanol–water partition coefficient (Wildman–Crippen LogP) is 18.1. The topological polar surface area (TPSA) is 230 Å². The van der Waals surface area contributed by atoms with Crippen LogP contribution < -0.4 is 0 Å². The van der Waals surface area contributed by atoms with E-state index in [0.29, 0.717) is 48.7 Å². The highest BCUT2D eigenvalue weighted by molar-refractivity contribution is 8.76. The third-order valence-electron chi connectivity index (χ3n) is 3.06. The number of rotatable bonds is 13. The highest BCUT2D eigenvalue weighted by Crippen LogP contribution is 2.22. The van der Waals surface area contributed by atoms with Gasteiger partial charge in [0.1, 0.15) is 0 Å². The van der Waals surface area contributed by atoms with Crippen molar-refractivity contribution < 1.29 is 62.7 Å². The Labute approximate surface area is 487 Å². The number of esters is 5. The van der Waals surface area contributed by atoms with Crippen LogP contribution in [0.1, 0.15) is 247 Å². The monoisotopic (exact) mass is 1180 g/mol. The molecule has 0 radical (unpaired) electrons. The number of carbonyl (C=O) groups excluding carboxylic acids is 7. The standard InChI is InChI=1S/C8H14O4S2.C6H10O3S.C4H8O2S.C4H6O2.C2H4OS.15C2H6.O2.H2O/c1-11-7(9)3-5-13-14-6-4-8(10)12-2;1-5(7)10-4-3-6(8)9-2;1-6-4(5)2-3-7;1-3-4(5)6-2;1-2(3)4;16*1-2;/h3-6H2,1-2H3;3-4H2,1-2H3;7H,2-3H2,1H3;3H,1H2,2H3;1H3,(H,3,4);15*1-2H3;;1H2/p-3. The number of hydrogen-bond donors (Lipinski definition) is 0. The van der Waals surface area contributed by atoms with Crippen molar-refractivity contribution in [3.63, 3.8) is 0 Å². The highest BCUT2D eigenvalue weighted by Gasteiger charge is 2.02. The molecule has 0 saturated heterocycles. The molecule has 470 valence electrons. The van der Waals surface area contributed by atoms with Crippen LogP contribution >= 0.6 is 33.3 Å². The molecule has 0 atom stereocenters. The molecule has 0 saturated carbocycles. The lowest BCUT2D eigenvalue weighted by molar-refractivity contribution is -0.141. The molecule has 74 heavy (non-hydrogen) atoms. The molecule has 0 unspecified atom stereocenters. The van der Waals surface area contributed by atoms with E-state index in [1.807, 2.05) is 208 Å². The van der Waals surface area contributed by atoms with Crippen LogP contribution in [-0.2, 0) is 82.5 Å². The van der Waals surface area contributed by atoms with Gasteiger partial charge in [0.25, 0.3) is 0 Å². The summed E-state index contributed by atoms with van der Waals surface area (Å²) in [7, 11) is 9.86. The third-order valence-corrected chi connectivity index (χ3v) is 6.49. The zero-order chi connectivity index (χ0) is 65.1. The normalized spacial score (nSPS) is 5.97. The Kier molecular flexibility index (Phi) is 529. The van der Waals surface area contributed by atoms with Crippen LogP contribution in [0.25, 0.3) is 0 Å². The molecule has 1 N–H and O–H groups in total. The van der Waals surface area contributed by atoms with Crippen molar-refractivity contribution in [2.24, 2.45) is 0 Å². The minimum absolute atomic E-state index is 0. The van der Waals surface area contributed by atoms with E-state index < -0.39 is 5.97 Å². The Hall–Kier alpha value is -2.39. The van der Waals surface area contributed by atoms with Gasteiger partial charge in [-0.15, -0.1) is 0 Å². The Morgan fingerprint density at radius 1 is 0.392 bits per heavy atom. The fraction of sp³-hybridized carbons (Fsp3) is 0.833. The summed E-state index contributed by atoms with van der Waals surface area (Å²) in [6, 6.07) is 0. The van der Waals surface area contributed by atoms with Gasteiger partial charge in [-0.25, -0.2) is 4.79 Å². The minimum atomic E-state index is -0.394. The van der Waals surface area contributed by atoms with Crippen LogP contribution in [-0.4, -0.2) is 104 Å². The fourth-order valence-corrected chi connectivity index (χ4v) is 3.89. The third kappa shape index (κ3) is 430. The number of ether oxygens (including phenoxy) is 5. The second-order valence-corrected chi connectivity index (χ2v) is 11.2. The van der Waals surface area contributed by atoms with Crippen molar-refractivity contribution in [1.29, 1.82) is 0 Å². The highest BCUT2D eigenvalue weighted by atomic mass is 33.1. The molecule has 0 heterocycles. The summed E-state index contributed by atoms with van der Waals surface area (Å²) in [6.07, 6.45) is 2.59. The first-order chi connectivity index (χ1) is 35.2.